The summed E-state index contributed by atoms with van der Waals surface area (Å²) in [6.45, 7) is 2.15. The van der Waals surface area contributed by atoms with E-state index < -0.39 is 10.0 Å². The number of amides is 1. The summed E-state index contributed by atoms with van der Waals surface area (Å²) in [7, 11) is -1.90. The summed E-state index contributed by atoms with van der Waals surface area (Å²) in [6.07, 6.45) is 4.93. The van der Waals surface area contributed by atoms with Crippen molar-refractivity contribution < 1.29 is 17.9 Å². The van der Waals surface area contributed by atoms with Gasteiger partial charge in [-0.1, -0.05) is 6.42 Å². The average molecular weight is 329 g/mol. The average Bonchev–Trinajstić information content (AvgIpc) is 3.03. The zero-order valence-corrected chi connectivity index (χ0v) is 13.6. The Labute approximate surface area is 131 Å². The Hall–Kier alpha value is -1.38. The molecule has 0 spiro atoms. The van der Waals surface area contributed by atoms with Crippen molar-refractivity contribution in [3.05, 3.63) is 18.0 Å². The highest BCUT2D eigenvalue weighted by Gasteiger charge is 2.27. The second-order valence-corrected chi connectivity index (χ2v) is 7.25. The third-order valence-corrected chi connectivity index (χ3v) is 5.54. The number of carbonyl (C=O) groups is 1. The van der Waals surface area contributed by atoms with Crippen LogP contribution in [-0.4, -0.2) is 57.0 Å². The van der Waals surface area contributed by atoms with Gasteiger partial charge in [-0.15, -0.1) is 0 Å². The van der Waals surface area contributed by atoms with Gasteiger partial charge in [0.25, 0.3) is 5.91 Å². The molecule has 0 aromatic carbocycles. The number of carbonyl (C=O) groups excluding carboxylic acids is 1. The molecule has 2 heterocycles. The zero-order chi connectivity index (χ0) is 16.0. The Morgan fingerprint density at radius 2 is 2.09 bits per heavy atom. The maximum atomic E-state index is 12.5. The highest BCUT2D eigenvalue weighted by atomic mass is 32.2. The largest absolute Gasteiger partial charge is 0.385 e. The molecular weight excluding hydrogens is 306 g/mol. The molecule has 2 N–H and O–H groups in total. The molecule has 1 aromatic heterocycles. The fourth-order valence-electron chi connectivity index (χ4n) is 2.42. The van der Waals surface area contributed by atoms with E-state index >= 15 is 0 Å². The number of piperidine rings is 1. The fraction of sp³-hybridized carbons (Fsp3) is 0.643. The SMILES string of the molecule is COCCCNC(=O)c1cc(S(=O)(=O)N2CCCCC2)c[nH]1. The van der Waals surface area contributed by atoms with Crippen molar-refractivity contribution in [2.75, 3.05) is 33.4 Å². The van der Waals surface area contributed by atoms with Gasteiger partial charge in [0.2, 0.25) is 10.0 Å². The van der Waals surface area contributed by atoms with Crippen molar-refractivity contribution in [2.45, 2.75) is 30.6 Å². The number of sulfonamides is 1. The van der Waals surface area contributed by atoms with Crippen LogP contribution >= 0.6 is 0 Å². The lowest BCUT2D eigenvalue weighted by Crippen LogP contribution is -2.35. The molecule has 0 aliphatic carbocycles. The molecule has 0 atom stereocenters. The van der Waals surface area contributed by atoms with E-state index in [9.17, 15) is 13.2 Å². The molecule has 7 nitrogen and oxygen atoms in total. The number of methoxy groups -OCH3 is 1. The quantitative estimate of drug-likeness (QED) is 0.729. The van der Waals surface area contributed by atoms with Crippen LogP contribution < -0.4 is 5.32 Å². The second-order valence-electron chi connectivity index (χ2n) is 5.32. The van der Waals surface area contributed by atoms with E-state index in [4.69, 9.17) is 4.74 Å². The molecule has 1 saturated heterocycles. The smallest absolute Gasteiger partial charge is 0.267 e. The number of rotatable bonds is 7. The molecule has 1 aliphatic heterocycles. The Morgan fingerprint density at radius 1 is 1.36 bits per heavy atom. The predicted molar refractivity (Wildman–Crippen MR) is 82.2 cm³/mol. The zero-order valence-electron chi connectivity index (χ0n) is 12.8. The van der Waals surface area contributed by atoms with Crippen LogP contribution in [-0.2, 0) is 14.8 Å². The van der Waals surface area contributed by atoms with Crippen LogP contribution in [0.1, 0.15) is 36.2 Å². The Kier molecular flexibility index (Phi) is 5.98. The molecule has 1 fully saturated rings. The molecule has 0 saturated carbocycles. The first kappa shape index (κ1) is 17.0. The van der Waals surface area contributed by atoms with Crippen LogP contribution in [0, 0.1) is 0 Å². The summed E-state index contributed by atoms with van der Waals surface area (Å²) >= 11 is 0. The molecular formula is C14H23N3O4S. The van der Waals surface area contributed by atoms with Crippen molar-refractivity contribution >= 4 is 15.9 Å². The van der Waals surface area contributed by atoms with E-state index in [-0.39, 0.29) is 16.5 Å². The third-order valence-electron chi connectivity index (χ3n) is 3.66. The maximum absolute atomic E-state index is 12.5. The van der Waals surface area contributed by atoms with Gasteiger partial charge in [-0.3, -0.25) is 4.79 Å². The molecule has 1 amide bonds. The van der Waals surface area contributed by atoms with E-state index in [1.54, 1.807) is 7.11 Å². The molecule has 8 heteroatoms. The molecule has 124 valence electrons. The fourth-order valence-corrected chi connectivity index (χ4v) is 3.93. The normalized spacial score (nSPS) is 16.6. The highest BCUT2D eigenvalue weighted by Crippen LogP contribution is 2.21. The Balaban J connectivity index is 1.99. The van der Waals surface area contributed by atoms with Crippen molar-refractivity contribution in [3.8, 4) is 0 Å². The Morgan fingerprint density at radius 3 is 2.77 bits per heavy atom. The van der Waals surface area contributed by atoms with E-state index in [0.717, 1.165) is 19.3 Å². The number of H-pyrrole nitrogens is 1. The number of aromatic amines is 1. The van der Waals surface area contributed by atoms with Crippen molar-refractivity contribution in [1.29, 1.82) is 0 Å². The van der Waals surface area contributed by atoms with Crippen LogP contribution in [0.3, 0.4) is 0 Å². The van der Waals surface area contributed by atoms with Crippen LogP contribution in [0.5, 0.6) is 0 Å². The lowest BCUT2D eigenvalue weighted by Gasteiger charge is -2.25. The molecule has 1 aliphatic rings. The van der Waals surface area contributed by atoms with Crippen LogP contribution in [0.15, 0.2) is 17.2 Å². The van der Waals surface area contributed by atoms with Crippen LogP contribution in [0.25, 0.3) is 0 Å². The summed E-state index contributed by atoms with van der Waals surface area (Å²) in [5.74, 6) is -0.309. The van der Waals surface area contributed by atoms with Gasteiger partial charge in [-0.2, -0.15) is 4.31 Å². The minimum Gasteiger partial charge on any atom is -0.385 e. The molecule has 22 heavy (non-hydrogen) atoms. The van der Waals surface area contributed by atoms with Gasteiger partial charge in [0.1, 0.15) is 10.6 Å². The van der Waals surface area contributed by atoms with Crippen molar-refractivity contribution in [3.63, 3.8) is 0 Å². The van der Waals surface area contributed by atoms with Gasteiger partial charge in [0, 0.05) is 39.5 Å². The predicted octanol–water partition coefficient (Wildman–Crippen LogP) is 0.956. The second kappa shape index (κ2) is 7.75. The van der Waals surface area contributed by atoms with Gasteiger partial charge in [-0.05, 0) is 25.3 Å². The Bertz CT molecular complexity index is 591. The van der Waals surface area contributed by atoms with Crippen molar-refractivity contribution in [1.82, 2.24) is 14.6 Å². The molecule has 0 radical (unpaired) electrons. The number of nitrogens with one attached hydrogen (secondary N) is 2. The first-order chi connectivity index (χ1) is 10.6. The number of aromatic nitrogens is 1. The van der Waals surface area contributed by atoms with Gasteiger partial charge in [-0.25, -0.2) is 8.42 Å². The number of ether oxygens (including phenoxy) is 1. The summed E-state index contributed by atoms with van der Waals surface area (Å²) in [4.78, 5) is 14.8. The highest BCUT2D eigenvalue weighted by molar-refractivity contribution is 7.89. The summed E-state index contributed by atoms with van der Waals surface area (Å²) in [5.41, 5.74) is 0.257. The van der Waals surface area contributed by atoms with Gasteiger partial charge >= 0.3 is 0 Å². The van der Waals surface area contributed by atoms with Gasteiger partial charge in [0.15, 0.2) is 0 Å². The maximum Gasteiger partial charge on any atom is 0.267 e. The van der Waals surface area contributed by atoms with Gasteiger partial charge in [0.05, 0.1) is 0 Å². The number of hydrogen-bond acceptors (Lipinski definition) is 4. The van der Waals surface area contributed by atoms with E-state index in [1.165, 1.54) is 16.6 Å². The summed E-state index contributed by atoms with van der Waals surface area (Å²) < 4.78 is 31.3. The molecule has 0 unspecified atom stereocenters. The standard InChI is InChI=1S/C14H23N3O4S/c1-21-9-5-6-15-14(18)13-10-12(11-16-13)22(19,20)17-7-3-2-4-8-17/h10-11,16H,2-9H2,1H3,(H,15,18). The summed E-state index contributed by atoms with van der Waals surface area (Å²) in [5, 5.41) is 2.72. The third kappa shape index (κ3) is 4.08. The minimum absolute atomic E-state index is 0.149. The summed E-state index contributed by atoms with van der Waals surface area (Å²) in [6, 6.07) is 1.40. The lowest BCUT2D eigenvalue weighted by atomic mass is 10.2. The lowest BCUT2D eigenvalue weighted by molar-refractivity contribution is 0.0944. The first-order valence-corrected chi connectivity index (χ1v) is 8.95. The molecule has 2 rings (SSSR count). The topological polar surface area (TPSA) is 91.5 Å². The van der Waals surface area contributed by atoms with E-state index in [1.807, 2.05) is 0 Å². The van der Waals surface area contributed by atoms with E-state index in [2.05, 4.69) is 10.3 Å². The van der Waals surface area contributed by atoms with Crippen LogP contribution in [0.4, 0.5) is 0 Å². The molecule has 0 bridgehead atoms. The van der Waals surface area contributed by atoms with Gasteiger partial charge < -0.3 is 15.0 Å². The number of nitrogens with zero attached hydrogens (tertiary/aromatic N) is 1. The van der Waals surface area contributed by atoms with E-state index in [0.29, 0.717) is 32.7 Å². The monoisotopic (exact) mass is 329 g/mol. The van der Waals surface area contributed by atoms with Crippen molar-refractivity contribution in [2.24, 2.45) is 0 Å². The first-order valence-electron chi connectivity index (χ1n) is 7.51. The number of hydrogen-bond donors (Lipinski definition) is 2. The van der Waals surface area contributed by atoms with Crippen LogP contribution in [0.2, 0.25) is 0 Å². The molecule has 1 aromatic rings. The minimum atomic E-state index is -3.50.